The number of rotatable bonds is 27. The molecule has 1 heterocycles. The lowest BCUT2D eigenvalue weighted by Crippen LogP contribution is -2.54. The third kappa shape index (κ3) is 20.2. The Labute approximate surface area is 344 Å². The normalized spacial score (nSPS) is 13.8. The molecule has 0 unspecified atom stereocenters. The first-order valence-corrected chi connectivity index (χ1v) is 20.0. The highest BCUT2D eigenvalue weighted by Gasteiger charge is 2.31. The molecule has 8 amide bonds. The van der Waals surface area contributed by atoms with Crippen LogP contribution in [0, 0.1) is 5.92 Å². The number of piperidine rings is 1. The minimum atomic E-state index is -1.08. The van der Waals surface area contributed by atoms with Gasteiger partial charge in [0.05, 0.1) is 32.8 Å². The summed E-state index contributed by atoms with van der Waals surface area (Å²) in [4.78, 5) is 103. The number of ether oxygens (including phenoxy) is 3. The number of likely N-dealkylation sites (tertiary alicyclic amines) is 1. The second-order valence-electron chi connectivity index (χ2n) is 14.4. The van der Waals surface area contributed by atoms with Gasteiger partial charge >= 0.3 is 18.1 Å². The number of hydrogen-bond acceptors (Lipinski definition) is 11. The molecule has 20 heteroatoms. The predicted octanol–water partition coefficient (Wildman–Crippen LogP) is 1.20. The van der Waals surface area contributed by atoms with E-state index >= 15 is 0 Å². The van der Waals surface area contributed by atoms with Gasteiger partial charge < -0.3 is 61.9 Å². The van der Waals surface area contributed by atoms with Gasteiger partial charge in [0, 0.05) is 57.2 Å². The summed E-state index contributed by atoms with van der Waals surface area (Å²) >= 11 is 0. The number of carboxylic acids is 1. The van der Waals surface area contributed by atoms with Crippen molar-refractivity contribution in [1.29, 1.82) is 0 Å². The van der Waals surface area contributed by atoms with Gasteiger partial charge in [0.2, 0.25) is 29.5 Å². The number of urea groups is 1. The van der Waals surface area contributed by atoms with Crippen LogP contribution < -0.4 is 32.7 Å². The van der Waals surface area contributed by atoms with Gasteiger partial charge in [-0.2, -0.15) is 0 Å². The van der Waals surface area contributed by atoms with Crippen molar-refractivity contribution >= 4 is 53.3 Å². The number of hydrogen-bond donors (Lipinski definition) is 7. The molecule has 1 fully saturated rings. The Kier molecular flexibility index (Phi) is 22.9. The van der Waals surface area contributed by atoms with Crippen molar-refractivity contribution in [3.63, 3.8) is 0 Å². The number of amides is 8. The molecular formula is C39H62N8O12. The molecule has 1 aliphatic heterocycles. The van der Waals surface area contributed by atoms with Crippen molar-refractivity contribution in [1.82, 2.24) is 25.8 Å². The Hall–Kier alpha value is -5.50. The zero-order valence-corrected chi connectivity index (χ0v) is 34.3. The summed E-state index contributed by atoms with van der Waals surface area (Å²) in [6.45, 7) is 7.31. The summed E-state index contributed by atoms with van der Waals surface area (Å²) in [5.74, 6) is -3.33. The molecule has 1 aromatic rings. The van der Waals surface area contributed by atoms with Crippen LogP contribution in [0.15, 0.2) is 24.3 Å². The molecule has 20 nitrogen and oxygen atoms in total. The summed E-state index contributed by atoms with van der Waals surface area (Å²) < 4.78 is 15.7. The summed E-state index contributed by atoms with van der Waals surface area (Å²) in [5, 5.41) is 19.4. The van der Waals surface area contributed by atoms with E-state index in [1.54, 1.807) is 47.9 Å². The highest BCUT2D eigenvalue weighted by atomic mass is 16.5. The SMILES string of the molecule is CCCC(=O)N1CCC(N(CCOCCOCCC(=O)O)C(=O)CCC(=O)N[C@H](C(=O)N[C@@H](CCCNC(N)=O)C(=O)Nc2ccc(COC(N)=O)cc2)C(C)C)CC1. The lowest BCUT2D eigenvalue weighted by Gasteiger charge is -2.38. The van der Waals surface area contributed by atoms with Gasteiger partial charge in [-0.1, -0.05) is 32.9 Å². The molecule has 0 radical (unpaired) electrons. The Balaban J connectivity index is 2.05. The first-order chi connectivity index (χ1) is 28.1. The second-order valence-corrected chi connectivity index (χ2v) is 14.4. The minimum Gasteiger partial charge on any atom is -0.481 e. The molecule has 1 aromatic carbocycles. The molecular weight excluding hydrogens is 772 g/mol. The van der Waals surface area contributed by atoms with Crippen LogP contribution in [-0.4, -0.2) is 133 Å². The number of nitrogens with one attached hydrogen (secondary N) is 4. The Morgan fingerprint density at radius 1 is 0.864 bits per heavy atom. The van der Waals surface area contributed by atoms with E-state index in [1.165, 1.54) is 0 Å². The van der Waals surface area contributed by atoms with E-state index in [9.17, 15) is 38.4 Å². The largest absolute Gasteiger partial charge is 0.481 e. The van der Waals surface area contributed by atoms with Crippen LogP contribution >= 0.6 is 0 Å². The van der Waals surface area contributed by atoms with Crippen molar-refractivity contribution in [2.24, 2.45) is 17.4 Å². The maximum Gasteiger partial charge on any atom is 0.404 e. The van der Waals surface area contributed by atoms with Gasteiger partial charge in [-0.3, -0.25) is 28.8 Å². The standard InChI is InChI=1S/C39H62N8O12/c1-4-6-32(49)46-18-14-29(15-19-46)47(20-22-58-24-23-57-21-16-34(51)52)33(50)13-12-31(48)45-35(26(2)3)37(54)44-30(7-5-17-42-38(40)55)36(53)43-28-10-8-27(9-11-28)25-59-39(41)56/h8-11,26,29-30,35H,4-7,12-25H2,1-3H3,(H2,41,56)(H,43,53)(H,44,54)(H,45,48)(H,51,52)(H3,40,42,55)/t30-,35-/m0/s1. The molecule has 59 heavy (non-hydrogen) atoms. The van der Waals surface area contributed by atoms with Gasteiger partial charge in [-0.15, -0.1) is 0 Å². The van der Waals surface area contributed by atoms with Crippen LogP contribution in [0.25, 0.3) is 0 Å². The second kappa shape index (κ2) is 27.2. The number of aliphatic carboxylic acids is 1. The lowest BCUT2D eigenvalue weighted by atomic mass is 10.0. The Morgan fingerprint density at radius 2 is 1.53 bits per heavy atom. The van der Waals surface area contributed by atoms with Crippen LogP contribution in [0.4, 0.5) is 15.3 Å². The number of carbonyl (C=O) groups is 8. The average molecular weight is 835 g/mol. The maximum atomic E-state index is 13.7. The zero-order chi connectivity index (χ0) is 43.7. The van der Waals surface area contributed by atoms with Crippen LogP contribution in [0.5, 0.6) is 0 Å². The van der Waals surface area contributed by atoms with Gasteiger partial charge in [0.15, 0.2) is 0 Å². The smallest absolute Gasteiger partial charge is 0.404 e. The van der Waals surface area contributed by atoms with Crippen molar-refractivity contribution < 1.29 is 57.7 Å². The number of nitrogens with two attached hydrogens (primary N) is 2. The van der Waals surface area contributed by atoms with Crippen LogP contribution in [0.2, 0.25) is 0 Å². The molecule has 330 valence electrons. The topological polar surface area (TPSA) is 291 Å². The molecule has 0 aliphatic carbocycles. The van der Waals surface area contributed by atoms with Crippen molar-refractivity contribution in [2.75, 3.05) is 57.9 Å². The quantitative estimate of drug-likeness (QED) is 0.0616. The summed E-state index contributed by atoms with van der Waals surface area (Å²) in [6.07, 6.45) is 1.28. The fourth-order valence-electron chi connectivity index (χ4n) is 6.22. The third-order valence-electron chi connectivity index (χ3n) is 9.39. The average Bonchev–Trinajstić information content (AvgIpc) is 3.19. The molecule has 2 atom stereocenters. The first kappa shape index (κ1) is 49.6. The Bertz CT molecular complexity index is 1540. The van der Waals surface area contributed by atoms with Crippen LogP contribution in [0.1, 0.15) is 84.1 Å². The fourth-order valence-corrected chi connectivity index (χ4v) is 6.22. The van der Waals surface area contributed by atoms with Gasteiger partial charge in [0.25, 0.3) is 0 Å². The molecule has 1 aliphatic rings. The number of primary amides is 2. The van der Waals surface area contributed by atoms with E-state index in [-0.39, 0.29) is 96.1 Å². The zero-order valence-electron chi connectivity index (χ0n) is 34.3. The summed E-state index contributed by atoms with van der Waals surface area (Å²) in [6, 6.07) is 3.34. The molecule has 2 rings (SSSR count). The van der Waals surface area contributed by atoms with Gasteiger partial charge in [0.1, 0.15) is 18.7 Å². The predicted molar refractivity (Wildman–Crippen MR) is 214 cm³/mol. The summed E-state index contributed by atoms with van der Waals surface area (Å²) in [5.41, 5.74) is 11.2. The highest BCUT2D eigenvalue weighted by molar-refractivity contribution is 5.98. The van der Waals surface area contributed by atoms with E-state index in [0.717, 1.165) is 6.42 Å². The molecule has 0 bridgehead atoms. The van der Waals surface area contributed by atoms with Crippen molar-refractivity contribution in [2.45, 2.75) is 103 Å². The summed E-state index contributed by atoms with van der Waals surface area (Å²) in [7, 11) is 0. The van der Waals surface area contributed by atoms with E-state index in [2.05, 4.69) is 21.3 Å². The van der Waals surface area contributed by atoms with E-state index in [4.69, 9.17) is 30.8 Å². The Morgan fingerprint density at radius 3 is 2.12 bits per heavy atom. The molecule has 0 saturated carbocycles. The number of nitrogens with zero attached hydrogens (tertiary/aromatic N) is 2. The maximum absolute atomic E-state index is 13.7. The van der Waals surface area contributed by atoms with E-state index in [0.29, 0.717) is 43.6 Å². The monoisotopic (exact) mass is 834 g/mol. The number of carboxylic acid groups (broad SMARTS) is 1. The van der Waals surface area contributed by atoms with Gasteiger partial charge in [-0.05, 0) is 55.7 Å². The number of carbonyl (C=O) groups excluding carboxylic acids is 7. The van der Waals surface area contributed by atoms with E-state index < -0.39 is 53.8 Å². The first-order valence-electron chi connectivity index (χ1n) is 20.0. The third-order valence-corrected chi connectivity index (χ3v) is 9.39. The van der Waals surface area contributed by atoms with Gasteiger partial charge in [-0.25, -0.2) is 9.59 Å². The van der Waals surface area contributed by atoms with Crippen molar-refractivity contribution in [3.05, 3.63) is 29.8 Å². The highest BCUT2D eigenvalue weighted by Crippen LogP contribution is 2.19. The minimum absolute atomic E-state index is 0.0560. The number of anilines is 1. The molecule has 9 N–H and O–H groups in total. The lowest BCUT2D eigenvalue weighted by molar-refractivity contribution is -0.139. The molecule has 0 aromatic heterocycles. The fraction of sp³-hybridized carbons (Fsp3) is 0.641. The molecule has 0 spiro atoms. The van der Waals surface area contributed by atoms with Crippen LogP contribution in [0.3, 0.4) is 0 Å². The molecule has 1 saturated heterocycles. The van der Waals surface area contributed by atoms with E-state index in [1.807, 2.05) is 6.92 Å². The van der Waals surface area contributed by atoms with Crippen LogP contribution in [-0.2, 0) is 49.6 Å². The van der Waals surface area contributed by atoms with Crippen molar-refractivity contribution in [3.8, 4) is 0 Å². The number of benzene rings is 1.